The molecule has 0 aliphatic carbocycles. The number of nitrogens with one attached hydrogen (secondary N) is 1. The molecule has 0 aromatic heterocycles. The van der Waals surface area contributed by atoms with Crippen molar-refractivity contribution in [2.75, 3.05) is 13.1 Å². The van der Waals surface area contributed by atoms with E-state index in [0.29, 0.717) is 6.04 Å². The molecule has 24 heavy (non-hydrogen) atoms. The average molecular weight is 363 g/mol. The number of hydrogen-bond acceptors (Lipinski definition) is 2. The first-order chi connectivity index (χ1) is 11.3. The van der Waals surface area contributed by atoms with Crippen LogP contribution >= 0.6 is 12.4 Å². The molecule has 0 rings (SSSR count). The highest BCUT2D eigenvalue weighted by Gasteiger charge is 1.97. The highest BCUT2D eigenvalue weighted by atomic mass is 35.5. The van der Waals surface area contributed by atoms with Crippen LogP contribution in [0.15, 0.2) is 0 Å². The second-order valence-electron chi connectivity index (χ2n) is 7.39. The van der Waals surface area contributed by atoms with Crippen molar-refractivity contribution in [1.29, 1.82) is 0 Å². The van der Waals surface area contributed by atoms with Crippen LogP contribution in [0.2, 0.25) is 0 Å². The number of hydrogen-bond donors (Lipinski definition) is 2. The van der Waals surface area contributed by atoms with Crippen LogP contribution in [0.25, 0.3) is 0 Å². The number of unbranched alkanes of at least 4 members (excludes halogenated alkanes) is 15. The molecule has 1 atom stereocenters. The summed E-state index contributed by atoms with van der Waals surface area (Å²) in [5.74, 6) is 0. The maximum absolute atomic E-state index is 5.58. The highest BCUT2D eigenvalue weighted by Crippen LogP contribution is 2.13. The molecule has 0 radical (unpaired) electrons. The maximum Gasteiger partial charge on any atom is 0.0161 e. The molecule has 0 saturated heterocycles. The van der Waals surface area contributed by atoms with Crippen LogP contribution in [0, 0.1) is 0 Å². The third-order valence-electron chi connectivity index (χ3n) is 4.88. The Bertz CT molecular complexity index is 212. The minimum absolute atomic E-state index is 0. The summed E-state index contributed by atoms with van der Waals surface area (Å²) in [6.07, 6.45) is 23.0. The molecule has 0 heterocycles. The van der Waals surface area contributed by atoms with Crippen molar-refractivity contribution in [1.82, 2.24) is 5.32 Å². The predicted molar refractivity (Wildman–Crippen MR) is 113 cm³/mol. The summed E-state index contributed by atoms with van der Waals surface area (Å²) in [5, 5.41) is 3.46. The van der Waals surface area contributed by atoms with Gasteiger partial charge < -0.3 is 11.1 Å². The monoisotopic (exact) mass is 362 g/mol. The van der Waals surface area contributed by atoms with Gasteiger partial charge in [0.1, 0.15) is 0 Å². The average Bonchev–Trinajstić information content (AvgIpc) is 2.57. The molecule has 0 aromatic rings. The highest BCUT2D eigenvalue weighted by molar-refractivity contribution is 5.85. The standard InChI is InChI=1S/C21H46N2.ClH/c1-3-4-5-6-7-8-9-10-11-12-13-14-15-16-17-18-19-23-21(2)20-22;/h21,23H,3-20,22H2,1-2H3;1H. The van der Waals surface area contributed by atoms with Crippen LogP contribution in [-0.2, 0) is 0 Å². The molecular weight excluding hydrogens is 316 g/mol. The maximum atomic E-state index is 5.58. The molecule has 2 nitrogen and oxygen atoms in total. The summed E-state index contributed by atoms with van der Waals surface area (Å²) in [4.78, 5) is 0. The SMILES string of the molecule is CCCCCCCCCCCCCCCCCCNC(C)CN.Cl. The number of nitrogens with two attached hydrogens (primary N) is 1. The smallest absolute Gasteiger partial charge is 0.0161 e. The minimum Gasteiger partial charge on any atom is -0.329 e. The van der Waals surface area contributed by atoms with E-state index in [9.17, 15) is 0 Å². The van der Waals surface area contributed by atoms with Crippen molar-refractivity contribution >= 4 is 12.4 Å². The van der Waals surface area contributed by atoms with Crippen LogP contribution in [0.1, 0.15) is 117 Å². The fourth-order valence-corrected chi connectivity index (χ4v) is 3.10. The third kappa shape index (κ3) is 22.2. The zero-order valence-electron chi connectivity index (χ0n) is 16.8. The topological polar surface area (TPSA) is 38.0 Å². The molecule has 3 N–H and O–H groups in total. The van der Waals surface area contributed by atoms with Crippen LogP contribution in [0.5, 0.6) is 0 Å². The van der Waals surface area contributed by atoms with Crippen LogP contribution in [0.4, 0.5) is 0 Å². The molecule has 3 heteroatoms. The van der Waals surface area contributed by atoms with Gasteiger partial charge in [0.25, 0.3) is 0 Å². The summed E-state index contributed by atoms with van der Waals surface area (Å²) in [7, 11) is 0. The van der Waals surface area contributed by atoms with Gasteiger partial charge in [0.05, 0.1) is 0 Å². The van der Waals surface area contributed by atoms with E-state index in [0.717, 1.165) is 13.1 Å². The summed E-state index contributed by atoms with van der Waals surface area (Å²) in [6, 6.07) is 0.478. The zero-order chi connectivity index (χ0) is 17.0. The van der Waals surface area contributed by atoms with E-state index in [1.54, 1.807) is 0 Å². The molecule has 1 unspecified atom stereocenters. The van der Waals surface area contributed by atoms with E-state index in [1.165, 1.54) is 103 Å². The Kier molecular flexibility index (Phi) is 25.6. The Morgan fingerprint density at radius 2 is 0.958 bits per heavy atom. The minimum atomic E-state index is 0. The van der Waals surface area contributed by atoms with Crippen LogP contribution in [-0.4, -0.2) is 19.1 Å². The second-order valence-corrected chi connectivity index (χ2v) is 7.39. The van der Waals surface area contributed by atoms with Gasteiger partial charge in [-0.15, -0.1) is 12.4 Å². The van der Waals surface area contributed by atoms with Crippen molar-refractivity contribution in [3.05, 3.63) is 0 Å². The fourth-order valence-electron chi connectivity index (χ4n) is 3.10. The van der Waals surface area contributed by atoms with Crippen LogP contribution < -0.4 is 11.1 Å². The van der Waals surface area contributed by atoms with Gasteiger partial charge in [-0.3, -0.25) is 0 Å². The Morgan fingerprint density at radius 3 is 1.29 bits per heavy atom. The normalized spacial score (nSPS) is 12.1. The molecule has 0 aromatic carbocycles. The summed E-state index contributed by atoms with van der Waals surface area (Å²) >= 11 is 0. The van der Waals surface area contributed by atoms with E-state index >= 15 is 0 Å². The molecule has 0 amide bonds. The van der Waals surface area contributed by atoms with Crippen molar-refractivity contribution in [2.24, 2.45) is 5.73 Å². The molecule has 0 spiro atoms. The number of halogens is 1. The number of rotatable bonds is 19. The second kappa shape index (κ2) is 23.2. The lowest BCUT2D eigenvalue weighted by molar-refractivity contribution is 0.507. The Balaban J connectivity index is 0. The predicted octanol–water partition coefficient (Wildman–Crippen LogP) is 6.61. The lowest BCUT2D eigenvalue weighted by Gasteiger charge is -2.10. The van der Waals surface area contributed by atoms with E-state index < -0.39 is 0 Å². The molecule has 0 aliphatic heterocycles. The molecular formula is C21H47ClN2. The first-order valence-electron chi connectivity index (χ1n) is 10.7. The summed E-state index contributed by atoms with van der Waals surface area (Å²) < 4.78 is 0. The lowest BCUT2D eigenvalue weighted by atomic mass is 10.0. The van der Waals surface area contributed by atoms with Crippen molar-refractivity contribution < 1.29 is 0 Å². The van der Waals surface area contributed by atoms with Gasteiger partial charge in [-0.25, -0.2) is 0 Å². The van der Waals surface area contributed by atoms with Gasteiger partial charge in [0, 0.05) is 12.6 Å². The Hall–Kier alpha value is 0.210. The third-order valence-corrected chi connectivity index (χ3v) is 4.88. The van der Waals surface area contributed by atoms with Crippen molar-refractivity contribution in [2.45, 2.75) is 123 Å². The largest absolute Gasteiger partial charge is 0.329 e. The lowest BCUT2D eigenvalue weighted by Crippen LogP contribution is -2.33. The molecule has 0 bridgehead atoms. The van der Waals surface area contributed by atoms with E-state index in [1.807, 2.05) is 0 Å². The quantitative estimate of drug-likeness (QED) is 0.254. The van der Waals surface area contributed by atoms with Crippen LogP contribution in [0.3, 0.4) is 0 Å². The Labute approximate surface area is 159 Å². The first kappa shape index (κ1) is 26.4. The van der Waals surface area contributed by atoms with E-state index in [2.05, 4.69) is 19.2 Å². The van der Waals surface area contributed by atoms with Gasteiger partial charge >= 0.3 is 0 Å². The van der Waals surface area contributed by atoms with Gasteiger partial charge in [0.2, 0.25) is 0 Å². The van der Waals surface area contributed by atoms with Gasteiger partial charge in [0.15, 0.2) is 0 Å². The van der Waals surface area contributed by atoms with Gasteiger partial charge in [-0.05, 0) is 19.9 Å². The van der Waals surface area contributed by atoms with Gasteiger partial charge in [-0.1, -0.05) is 103 Å². The summed E-state index contributed by atoms with van der Waals surface area (Å²) in [6.45, 7) is 6.34. The molecule has 0 saturated carbocycles. The van der Waals surface area contributed by atoms with Crippen molar-refractivity contribution in [3.8, 4) is 0 Å². The van der Waals surface area contributed by atoms with Gasteiger partial charge in [-0.2, -0.15) is 0 Å². The summed E-state index contributed by atoms with van der Waals surface area (Å²) in [5.41, 5.74) is 5.58. The fraction of sp³-hybridized carbons (Fsp3) is 1.00. The molecule has 0 aliphatic rings. The Morgan fingerprint density at radius 1 is 0.625 bits per heavy atom. The van der Waals surface area contributed by atoms with Crippen molar-refractivity contribution in [3.63, 3.8) is 0 Å². The zero-order valence-corrected chi connectivity index (χ0v) is 17.6. The van der Waals surface area contributed by atoms with E-state index in [4.69, 9.17) is 5.73 Å². The van der Waals surface area contributed by atoms with E-state index in [-0.39, 0.29) is 12.4 Å². The molecule has 148 valence electrons. The first-order valence-corrected chi connectivity index (χ1v) is 10.7. The molecule has 0 fully saturated rings.